The van der Waals surface area contributed by atoms with E-state index in [2.05, 4.69) is 10.00 Å². The van der Waals surface area contributed by atoms with Crippen LogP contribution >= 0.6 is 11.6 Å². The minimum Gasteiger partial charge on any atom is -0.368 e. The van der Waals surface area contributed by atoms with Gasteiger partial charge in [0.05, 0.1) is 5.69 Å². The van der Waals surface area contributed by atoms with Crippen LogP contribution in [-0.4, -0.2) is 46.8 Å². The van der Waals surface area contributed by atoms with Crippen LogP contribution in [-0.2, 0) is 11.3 Å². The normalized spacial score (nSPS) is 14.0. The average molecular weight is 437 g/mol. The Bertz CT molecular complexity index is 1090. The zero-order chi connectivity index (χ0) is 21.6. The van der Waals surface area contributed by atoms with Gasteiger partial charge in [0.2, 0.25) is 5.91 Å². The molecule has 2 aromatic carbocycles. The summed E-state index contributed by atoms with van der Waals surface area (Å²) in [6.45, 7) is 3.37. The number of carbonyl (C=O) groups is 1. The smallest absolute Gasteiger partial charge is 0.266 e. The number of aromatic nitrogens is 2. The minimum absolute atomic E-state index is 0.123. The van der Waals surface area contributed by atoms with Crippen LogP contribution in [0.4, 0.5) is 5.69 Å². The van der Waals surface area contributed by atoms with Crippen LogP contribution in [0.15, 0.2) is 71.5 Å². The molecular weight excluding hydrogens is 412 g/mol. The van der Waals surface area contributed by atoms with E-state index in [1.54, 1.807) is 6.07 Å². The fraction of sp³-hybridized carbons (Fsp3) is 0.292. The molecule has 3 aromatic rings. The largest absolute Gasteiger partial charge is 0.368 e. The van der Waals surface area contributed by atoms with Crippen molar-refractivity contribution in [1.82, 2.24) is 14.7 Å². The first-order valence-corrected chi connectivity index (χ1v) is 10.9. The van der Waals surface area contributed by atoms with Gasteiger partial charge < -0.3 is 9.80 Å². The van der Waals surface area contributed by atoms with Crippen molar-refractivity contribution in [1.29, 1.82) is 0 Å². The first kappa shape index (κ1) is 21.1. The Morgan fingerprint density at radius 2 is 1.71 bits per heavy atom. The van der Waals surface area contributed by atoms with Gasteiger partial charge in [-0.15, -0.1) is 0 Å². The van der Waals surface area contributed by atoms with Gasteiger partial charge in [0.15, 0.2) is 0 Å². The van der Waals surface area contributed by atoms with Gasteiger partial charge in [0.1, 0.15) is 0 Å². The molecule has 0 saturated carbocycles. The summed E-state index contributed by atoms with van der Waals surface area (Å²) in [6, 6.07) is 20.8. The maximum Gasteiger partial charge on any atom is 0.266 e. The summed E-state index contributed by atoms with van der Waals surface area (Å²) in [4.78, 5) is 28.9. The molecule has 1 saturated heterocycles. The molecule has 0 radical (unpaired) electrons. The lowest BCUT2D eigenvalue weighted by Gasteiger charge is -2.36. The van der Waals surface area contributed by atoms with E-state index in [0.29, 0.717) is 32.5 Å². The lowest BCUT2D eigenvalue weighted by molar-refractivity contribution is -0.131. The lowest BCUT2D eigenvalue weighted by atomic mass is 10.1. The maximum atomic E-state index is 12.6. The van der Waals surface area contributed by atoms with Gasteiger partial charge in [-0.2, -0.15) is 5.10 Å². The summed E-state index contributed by atoms with van der Waals surface area (Å²) >= 11 is 6.09. The molecule has 1 aliphatic heterocycles. The molecule has 4 rings (SSSR count). The van der Waals surface area contributed by atoms with Crippen molar-refractivity contribution >= 4 is 23.2 Å². The van der Waals surface area contributed by atoms with E-state index in [1.165, 1.54) is 10.7 Å². The molecule has 160 valence electrons. The number of nitrogens with zero attached hydrogens (tertiary/aromatic N) is 4. The van der Waals surface area contributed by atoms with Crippen LogP contribution in [0.1, 0.15) is 12.8 Å². The summed E-state index contributed by atoms with van der Waals surface area (Å²) in [5, 5.41) is 5.18. The number of carbonyl (C=O) groups excluding carboxylic acids is 1. The molecule has 1 amide bonds. The fourth-order valence-corrected chi connectivity index (χ4v) is 3.98. The Morgan fingerprint density at radius 1 is 0.935 bits per heavy atom. The van der Waals surface area contributed by atoms with Crippen molar-refractivity contribution in [2.75, 3.05) is 31.1 Å². The lowest BCUT2D eigenvalue weighted by Crippen LogP contribution is -2.48. The molecule has 1 aliphatic rings. The molecule has 31 heavy (non-hydrogen) atoms. The van der Waals surface area contributed by atoms with E-state index in [-0.39, 0.29) is 11.5 Å². The van der Waals surface area contributed by atoms with E-state index >= 15 is 0 Å². The van der Waals surface area contributed by atoms with Gasteiger partial charge in [-0.1, -0.05) is 48.0 Å². The molecule has 0 N–H and O–H groups in total. The van der Waals surface area contributed by atoms with E-state index in [9.17, 15) is 9.59 Å². The van der Waals surface area contributed by atoms with Gasteiger partial charge in [0, 0.05) is 61.5 Å². The predicted molar refractivity (Wildman–Crippen MR) is 123 cm³/mol. The number of hydrogen-bond acceptors (Lipinski definition) is 4. The fourth-order valence-electron chi connectivity index (χ4n) is 3.80. The third-order valence-electron chi connectivity index (χ3n) is 5.50. The quantitative estimate of drug-likeness (QED) is 0.591. The standard InChI is InChI=1S/C24H25ClN4O2/c25-20-8-4-9-21(18-20)27-14-16-28(17-15-27)23(30)10-5-13-29-24(31)12-11-22(26-29)19-6-2-1-3-7-19/h1-4,6-9,11-12,18H,5,10,13-17H2. The Kier molecular flexibility index (Phi) is 6.67. The molecule has 2 heterocycles. The highest BCUT2D eigenvalue weighted by Crippen LogP contribution is 2.21. The SMILES string of the molecule is O=C(CCCn1nc(-c2ccccc2)ccc1=O)N1CCN(c2cccc(Cl)c2)CC1. The van der Waals surface area contributed by atoms with Crippen molar-refractivity contribution in [3.63, 3.8) is 0 Å². The Hall–Kier alpha value is -3.12. The third-order valence-corrected chi connectivity index (χ3v) is 5.74. The highest BCUT2D eigenvalue weighted by Gasteiger charge is 2.21. The van der Waals surface area contributed by atoms with Gasteiger partial charge in [-0.3, -0.25) is 9.59 Å². The van der Waals surface area contributed by atoms with Gasteiger partial charge >= 0.3 is 0 Å². The molecule has 0 atom stereocenters. The highest BCUT2D eigenvalue weighted by atomic mass is 35.5. The number of halogens is 1. The van der Waals surface area contributed by atoms with Gasteiger partial charge in [-0.05, 0) is 30.7 Å². The van der Waals surface area contributed by atoms with Crippen LogP contribution in [0, 0.1) is 0 Å². The predicted octanol–water partition coefficient (Wildman–Crippen LogP) is 3.69. The van der Waals surface area contributed by atoms with Crippen LogP contribution in [0.5, 0.6) is 0 Å². The van der Waals surface area contributed by atoms with E-state index in [0.717, 1.165) is 35.1 Å². The number of rotatable bonds is 6. The van der Waals surface area contributed by atoms with Crippen LogP contribution in [0.25, 0.3) is 11.3 Å². The number of aryl methyl sites for hydroxylation is 1. The number of anilines is 1. The molecule has 7 heteroatoms. The summed E-state index contributed by atoms with van der Waals surface area (Å²) in [6.07, 6.45) is 0.985. The van der Waals surface area contributed by atoms with Crippen LogP contribution in [0.3, 0.4) is 0 Å². The molecule has 1 aromatic heterocycles. The van der Waals surface area contributed by atoms with Crippen LogP contribution in [0.2, 0.25) is 5.02 Å². The Labute approximate surface area is 186 Å². The van der Waals surface area contributed by atoms with E-state index in [1.807, 2.05) is 59.5 Å². The number of amides is 1. The van der Waals surface area contributed by atoms with Crippen molar-refractivity contribution < 1.29 is 4.79 Å². The number of hydrogen-bond donors (Lipinski definition) is 0. The van der Waals surface area contributed by atoms with Crippen molar-refractivity contribution in [2.45, 2.75) is 19.4 Å². The molecule has 0 unspecified atom stereocenters. The molecule has 0 spiro atoms. The molecule has 6 nitrogen and oxygen atoms in total. The zero-order valence-electron chi connectivity index (χ0n) is 17.3. The second-order valence-electron chi connectivity index (χ2n) is 7.60. The van der Waals surface area contributed by atoms with Crippen molar-refractivity contribution in [3.05, 3.63) is 82.1 Å². The Balaban J connectivity index is 1.29. The first-order chi connectivity index (χ1) is 15.1. The summed E-state index contributed by atoms with van der Waals surface area (Å²) in [5.74, 6) is 0.123. The number of piperazine rings is 1. The molecule has 0 aliphatic carbocycles. The first-order valence-electron chi connectivity index (χ1n) is 10.5. The minimum atomic E-state index is -0.151. The maximum absolute atomic E-state index is 12.6. The topological polar surface area (TPSA) is 58.4 Å². The highest BCUT2D eigenvalue weighted by molar-refractivity contribution is 6.30. The van der Waals surface area contributed by atoms with E-state index in [4.69, 9.17) is 11.6 Å². The summed E-state index contributed by atoms with van der Waals surface area (Å²) < 4.78 is 1.45. The molecule has 0 bridgehead atoms. The summed E-state index contributed by atoms with van der Waals surface area (Å²) in [7, 11) is 0. The summed E-state index contributed by atoms with van der Waals surface area (Å²) in [5.41, 5.74) is 2.65. The molecule has 1 fully saturated rings. The van der Waals surface area contributed by atoms with Crippen LogP contribution < -0.4 is 10.5 Å². The van der Waals surface area contributed by atoms with Gasteiger partial charge in [0.25, 0.3) is 5.56 Å². The number of benzene rings is 2. The van der Waals surface area contributed by atoms with Crippen molar-refractivity contribution in [3.8, 4) is 11.3 Å². The van der Waals surface area contributed by atoms with Crippen molar-refractivity contribution in [2.24, 2.45) is 0 Å². The monoisotopic (exact) mass is 436 g/mol. The van der Waals surface area contributed by atoms with E-state index < -0.39 is 0 Å². The average Bonchev–Trinajstić information content (AvgIpc) is 2.81. The zero-order valence-corrected chi connectivity index (χ0v) is 18.0. The Morgan fingerprint density at radius 3 is 2.45 bits per heavy atom. The second-order valence-corrected chi connectivity index (χ2v) is 8.03. The molecular formula is C24H25ClN4O2. The third kappa shape index (κ3) is 5.33. The van der Waals surface area contributed by atoms with Gasteiger partial charge in [-0.25, -0.2) is 4.68 Å². The second kappa shape index (κ2) is 9.79.